The van der Waals surface area contributed by atoms with Crippen LogP contribution in [-0.2, 0) is 9.53 Å². The standard InChI is InChI=1S/C21H30N4O3/c1-15-18(12-22-16(2)23-15)20(27)24-9-7-21(8-10-24)6-5-19(26)25(14-21)13-17-4-3-11-28-17/h12,17H,3-11,13-14H2,1-2H3/t17-/m0/s1. The number of nitrogens with zero attached hydrogens (tertiary/aromatic N) is 4. The predicted molar refractivity (Wildman–Crippen MR) is 104 cm³/mol. The Hall–Kier alpha value is -2.02. The van der Waals surface area contributed by atoms with Gasteiger partial charge in [0.1, 0.15) is 5.82 Å². The molecule has 7 nitrogen and oxygen atoms in total. The lowest BCUT2D eigenvalue weighted by molar-refractivity contribution is -0.141. The van der Waals surface area contributed by atoms with Crippen molar-refractivity contribution in [3.8, 4) is 0 Å². The van der Waals surface area contributed by atoms with E-state index in [2.05, 4.69) is 9.97 Å². The fourth-order valence-corrected chi connectivity index (χ4v) is 4.86. The van der Waals surface area contributed by atoms with Gasteiger partial charge in [0.2, 0.25) is 5.91 Å². The van der Waals surface area contributed by atoms with E-state index < -0.39 is 0 Å². The van der Waals surface area contributed by atoms with Gasteiger partial charge >= 0.3 is 0 Å². The molecule has 0 radical (unpaired) electrons. The zero-order valence-electron chi connectivity index (χ0n) is 16.9. The highest BCUT2D eigenvalue weighted by Crippen LogP contribution is 2.40. The number of carbonyl (C=O) groups is 2. The number of hydrogen-bond acceptors (Lipinski definition) is 5. The molecule has 3 aliphatic heterocycles. The first-order valence-corrected chi connectivity index (χ1v) is 10.4. The van der Waals surface area contributed by atoms with Crippen LogP contribution in [0.4, 0.5) is 0 Å². The van der Waals surface area contributed by atoms with E-state index in [1.54, 1.807) is 6.20 Å². The minimum absolute atomic E-state index is 0.0236. The summed E-state index contributed by atoms with van der Waals surface area (Å²) in [5, 5.41) is 0. The largest absolute Gasteiger partial charge is 0.376 e. The van der Waals surface area contributed by atoms with Gasteiger partial charge in [0, 0.05) is 45.4 Å². The van der Waals surface area contributed by atoms with Crippen molar-refractivity contribution in [1.82, 2.24) is 19.8 Å². The van der Waals surface area contributed by atoms with Gasteiger partial charge in [-0.15, -0.1) is 0 Å². The number of hydrogen-bond donors (Lipinski definition) is 0. The van der Waals surface area contributed by atoms with Crippen LogP contribution >= 0.6 is 0 Å². The van der Waals surface area contributed by atoms with Gasteiger partial charge in [-0.2, -0.15) is 0 Å². The minimum Gasteiger partial charge on any atom is -0.376 e. The van der Waals surface area contributed by atoms with Crippen LogP contribution in [0, 0.1) is 19.3 Å². The summed E-state index contributed by atoms with van der Waals surface area (Å²) in [4.78, 5) is 37.8. The highest BCUT2D eigenvalue weighted by molar-refractivity contribution is 5.95. The summed E-state index contributed by atoms with van der Waals surface area (Å²) in [6.07, 6.45) is 7.43. The average molecular weight is 386 g/mol. The molecule has 0 aliphatic carbocycles. The first kappa shape index (κ1) is 19.3. The number of piperidine rings is 2. The summed E-state index contributed by atoms with van der Waals surface area (Å²) in [5.74, 6) is 0.965. The number of carbonyl (C=O) groups excluding carboxylic acids is 2. The van der Waals surface area contributed by atoms with Crippen LogP contribution in [-0.4, -0.2) is 70.5 Å². The molecule has 7 heteroatoms. The van der Waals surface area contributed by atoms with Crippen LogP contribution in [0.2, 0.25) is 0 Å². The smallest absolute Gasteiger partial charge is 0.257 e. The van der Waals surface area contributed by atoms with E-state index in [0.717, 1.165) is 70.6 Å². The van der Waals surface area contributed by atoms with E-state index in [-0.39, 0.29) is 23.3 Å². The molecule has 28 heavy (non-hydrogen) atoms. The first-order chi connectivity index (χ1) is 13.5. The fourth-order valence-electron chi connectivity index (χ4n) is 4.86. The Kier molecular flexibility index (Phi) is 5.36. The summed E-state index contributed by atoms with van der Waals surface area (Å²) >= 11 is 0. The highest BCUT2D eigenvalue weighted by atomic mass is 16.5. The topological polar surface area (TPSA) is 75.6 Å². The van der Waals surface area contributed by atoms with Gasteiger partial charge in [-0.25, -0.2) is 9.97 Å². The van der Waals surface area contributed by atoms with Gasteiger partial charge in [0.05, 0.1) is 17.4 Å². The van der Waals surface area contributed by atoms with Crippen molar-refractivity contribution < 1.29 is 14.3 Å². The lowest BCUT2D eigenvalue weighted by Crippen LogP contribution is -2.53. The van der Waals surface area contributed by atoms with E-state index in [0.29, 0.717) is 17.8 Å². The Balaban J connectivity index is 1.38. The molecule has 2 amide bonds. The number of amides is 2. The Labute approximate surface area is 166 Å². The molecule has 3 saturated heterocycles. The number of aromatic nitrogens is 2. The Morgan fingerprint density at radius 2 is 2.07 bits per heavy atom. The molecular weight excluding hydrogens is 356 g/mol. The molecule has 0 unspecified atom stereocenters. The minimum atomic E-state index is 0.0236. The third-order valence-electron chi connectivity index (χ3n) is 6.64. The Bertz CT molecular complexity index is 752. The third kappa shape index (κ3) is 3.90. The van der Waals surface area contributed by atoms with Gasteiger partial charge in [0.15, 0.2) is 0 Å². The van der Waals surface area contributed by atoms with Crippen molar-refractivity contribution in [2.24, 2.45) is 5.41 Å². The SMILES string of the molecule is Cc1ncc(C(=O)N2CCC3(CCC(=O)N(C[C@@H]4CCCO4)C3)CC2)c(C)n1. The maximum atomic E-state index is 12.9. The van der Waals surface area contributed by atoms with Gasteiger partial charge in [-0.1, -0.05) is 0 Å². The fraction of sp³-hybridized carbons (Fsp3) is 0.714. The summed E-state index contributed by atoms with van der Waals surface area (Å²) < 4.78 is 5.74. The van der Waals surface area contributed by atoms with Crippen molar-refractivity contribution in [2.75, 3.05) is 32.8 Å². The van der Waals surface area contributed by atoms with Gasteiger partial charge in [-0.05, 0) is 51.4 Å². The third-order valence-corrected chi connectivity index (χ3v) is 6.64. The molecular formula is C21H30N4O3. The van der Waals surface area contributed by atoms with Gasteiger partial charge in [0.25, 0.3) is 5.91 Å². The van der Waals surface area contributed by atoms with Crippen molar-refractivity contribution in [3.05, 3.63) is 23.3 Å². The quantitative estimate of drug-likeness (QED) is 0.795. The summed E-state index contributed by atoms with van der Waals surface area (Å²) in [7, 11) is 0. The van der Waals surface area contributed by atoms with Crippen molar-refractivity contribution in [3.63, 3.8) is 0 Å². The van der Waals surface area contributed by atoms with Crippen molar-refractivity contribution >= 4 is 11.8 Å². The van der Waals surface area contributed by atoms with E-state index in [9.17, 15) is 9.59 Å². The molecule has 3 aliphatic rings. The number of ether oxygens (including phenoxy) is 1. The zero-order valence-corrected chi connectivity index (χ0v) is 16.9. The van der Waals surface area contributed by atoms with E-state index in [1.807, 2.05) is 23.6 Å². The second-order valence-electron chi connectivity index (χ2n) is 8.62. The molecule has 1 spiro atoms. The van der Waals surface area contributed by atoms with Gasteiger partial charge < -0.3 is 14.5 Å². The van der Waals surface area contributed by atoms with Crippen LogP contribution < -0.4 is 0 Å². The molecule has 1 aromatic heterocycles. The Morgan fingerprint density at radius 1 is 1.29 bits per heavy atom. The molecule has 0 N–H and O–H groups in total. The molecule has 4 heterocycles. The van der Waals surface area contributed by atoms with Crippen LogP contribution in [0.1, 0.15) is 60.4 Å². The maximum absolute atomic E-state index is 12.9. The lowest BCUT2D eigenvalue weighted by atomic mass is 9.72. The number of likely N-dealkylation sites (tertiary alicyclic amines) is 2. The second kappa shape index (κ2) is 7.78. The first-order valence-electron chi connectivity index (χ1n) is 10.4. The molecule has 152 valence electrons. The normalized spacial score (nSPS) is 24.8. The molecule has 4 rings (SSSR count). The molecule has 1 aromatic rings. The molecule has 0 saturated carbocycles. The van der Waals surface area contributed by atoms with Gasteiger partial charge in [-0.3, -0.25) is 9.59 Å². The summed E-state index contributed by atoms with van der Waals surface area (Å²) in [6, 6.07) is 0. The van der Waals surface area contributed by atoms with Crippen LogP contribution in [0.5, 0.6) is 0 Å². The van der Waals surface area contributed by atoms with Crippen molar-refractivity contribution in [2.45, 2.75) is 58.5 Å². The second-order valence-corrected chi connectivity index (χ2v) is 8.62. The highest BCUT2D eigenvalue weighted by Gasteiger charge is 2.42. The summed E-state index contributed by atoms with van der Waals surface area (Å²) in [6.45, 7) is 7.50. The van der Waals surface area contributed by atoms with E-state index >= 15 is 0 Å². The predicted octanol–water partition coefficient (Wildman–Crippen LogP) is 2.12. The van der Waals surface area contributed by atoms with E-state index in [4.69, 9.17) is 4.74 Å². The van der Waals surface area contributed by atoms with Crippen molar-refractivity contribution in [1.29, 1.82) is 0 Å². The van der Waals surface area contributed by atoms with E-state index in [1.165, 1.54) is 0 Å². The van der Waals surface area contributed by atoms with Crippen LogP contribution in [0.3, 0.4) is 0 Å². The molecule has 1 atom stereocenters. The molecule has 0 bridgehead atoms. The summed E-state index contributed by atoms with van der Waals surface area (Å²) in [5.41, 5.74) is 1.48. The molecule has 3 fully saturated rings. The lowest BCUT2D eigenvalue weighted by Gasteiger charge is -2.47. The van der Waals surface area contributed by atoms with Crippen LogP contribution in [0.15, 0.2) is 6.20 Å². The molecule has 0 aromatic carbocycles. The monoisotopic (exact) mass is 386 g/mol. The zero-order chi connectivity index (χ0) is 19.7. The van der Waals surface area contributed by atoms with Crippen LogP contribution in [0.25, 0.3) is 0 Å². The number of aryl methyl sites for hydroxylation is 2. The maximum Gasteiger partial charge on any atom is 0.257 e. The average Bonchev–Trinajstić information content (AvgIpc) is 3.18. The Morgan fingerprint density at radius 3 is 2.75 bits per heavy atom. The number of rotatable bonds is 3.